The van der Waals surface area contributed by atoms with E-state index in [1.807, 2.05) is 43.0 Å². The summed E-state index contributed by atoms with van der Waals surface area (Å²) < 4.78 is 5.09. The summed E-state index contributed by atoms with van der Waals surface area (Å²) in [5, 5.41) is 3.48. The second-order valence-corrected chi connectivity index (χ2v) is 5.57. The number of ether oxygens (including phenoxy) is 1. The van der Waals surface area contributed by atoms with Crippen molar-refractivity contribution in [3.05, 3.63) is 29.8 Å². The Hall–Kier alpha value is -1.16. The summed E-state index contributed by atoms with van der Waals surface area (Å²) in [6.45, 7) is 2.47. The number of nitrogens with one attached hydrogen (secondary N) is 1. The first kappa shape index (κ1) is 13.3. The van der Waals surface area contributed by atoms with Crippen LogP contribution < -0.4 is 5.32 Å². The molecule has 18 heavy (non-hydrogen) atoms. The average Bonchev–Trinajstić information content (AvgIpc) is 2.89. The highest BCUT2D eigenvalue weighted by Gasteiger charge is 2.15. The van der Waals surface area contributed by atoms with E-state index in [1.165, 1.54) is 17.9 Å². The Kier molecular flexibility index (Phi) is 4.93. The van der Waals surface area contributed by atoms with Gasteiger partial charge in [0.05, 0.1) is 12.2 Å². The number of hydrogen-bond acceptors (Lipinski definition) is 4. The maximum absolute atomic E-state index is 11.6. The highest BCUT2D eigenvalue weighted by atomic mass is 32.2. The van der Waals surface area contributed by atoms with E-state index in [-0.39, 0.29) is 5.97 Å². The van der Waals surface area contributed by atoms with Crippen molar-refractivity contribution in [3.63, 3.8) is 0 Å². The second-order valence-electron chi connectivity index (χ2n) is 4.42. The Morgan fingerprint density at radius 3 is 2.83 bits per heavy atom. The highest BCUT2D eigenvalue weighted by Crippen LogP contribution is 2.21. The van der Waals surface area contributed by atoms with Crippen LogP contribution in [0.1, 0.15) is 30.1 Å². The zero-order valence-corrected chi connectivity index (χ0v) is 11.5. The Morgan fingerprint density at radius 2 is 2.22 bits per heavy atom. The maximum Gasteiger partial charge on any atom is 0.338 e. The van der Waals surface area contributed by atoms with Gasteiger partial charge in [0, 0.05) is 17.5 Å². The van der Waals surface area contributed by atoms with Crippen molar-refractivity contribution in [3.8, 4) is 0 Å². The van der Waals surface area contributed by atoms with Crippen molar-refractivity contribution in [2.75, 3.05) is 23.4 Å². The first-order chi connectivity index (χ1) is 8.79. The smallest absolute Gasteiger partial charge is 0.338 e. The van der Waals surface area contributed by atoms with E-state index in [2.05, 4.69) is 5.32 Å². The summed E-state index contributed by atoms with van der Waals surface area (Å²) in [6.07, 6.45) is 2.07. The van der Waals surface area contributed by atoms with Gasteiger partial charge in [0.15, 0.2) is 0 Å². The predicted molar refractivity (Wildman–Crippen MR) is 76.4 cm³/mol. The van der Waals surface area contributed by atoms with Crippen LogP contribution in [0.3, 0.4) is 0 Å². The molecule has 0 aromatic heterocycles. The Morgan fingerprint density at radius 1 is 1.44 bits per heavy atom. The molecule has 0 aliphatic carbocycles. The first-order valence-electron chi connectivity index (χ1n) is 6.41. The maximum atomic E-state index is 11.6. The molecular weight excluding hydrogens is 246 g/mol. The molecule has 1 aromatic rings. The van der Waals surface area contributed by atoms with Crippen LogP contribution in [0.4, 0.5) is 5.69 Å². The number of benzene rings is 1. The molecule has 0 saturated carbocycles. The summed E-state index contributed by atoms with van der Waals surface area (Å²) in [4.78, 5) is 11.6. The molecule has 3 nitrogen and oxygen atoms in total. The van der Waals surface area contributed by atoms with E-state index in [1.54, 1.807) is 0 Å². The topological polar surface area (TPSA) is 38.3 Å². The third-order valence-electron chi connectivity index (χ3n) is 2.86. The van der Waals surface area contributed by atoms with Crippen LogP contribution in [0.5, 0.6) is 0 Å². The summed E-state index contributed by atoms with van der Waals surface area (Å²) in [7, 11) is 0. The van der Waals surface area contributed by atoms with E-state index < -0.39 is 0 Å². The van der Waals surface area contributed by atoms with Gasteiger partial charge in [-0.25, -0.2) is 4.79 Å². The van der Waals surface area contributed by atoms with Crippen LogP contribution in [-0.2, 0) is 4.74 Å². The molecule has 98 valence electrons. The Bertz CT molecular complexity index is 385. The molecule has 1 unspecified atom stereocenters. The predicted octanol–water partition coefficient (Wildman–Crippen LogP) is 3.17. The molecule has 0 radical (unpaired) electrons. The number of carbonyl (C=O) groups is 1. The largest absolute Gasteiger partial charge is 0.462 e. The van der Waals surface area contributed by atoms with Crippen LogP contribution >= 0.6 is 11.8 Å². The minimum absolute atomic E-state index is 0.236. The van der Waals surface area contributed by atoms with Gasteiger partial charge in [0.1, 0.15) is 0 Å². The van der Waals surface area contributed by atoms with Crippen LogP contribution in [0.15, 0.2) is 24.3 Å². The van der Waals surface area contributed by atoms with E-state index in [0.717, 1.165) is 12.1 Å². The summed E-state index contributed by atoms with van der Waals surface area (Å²) in [6, 6.07) is 8.11. The summed E-state index contributed by atoms with van der Waals surface area (Å²) in [5.41, 5.74) is 1.70. The van der Waals surface area contributed by atoms with E-state index >= 15 is 0 Å². The van der Waals surface area contributed by atoms with Crippen molar-refractivity contribution in [2.24, 2.45) is 0 Å². The molecule has 0 bridgehead atoms. The molecule has 0 spiro atoms. The molecule has 1 aromatic carbocycles. The molecule has 1 heterocycles. The van der Waals surface area contributed by atoms with E-state index in [0.29, 0.717) is 18.2 Å². The molecule has 2 rings (SSSR count). The number of carbonyl (C=O) groups excluding carboxylic acids is 1. The molecule has 1 aliphatic rings. The zero-order valence-electron chi connectivity index (χ0n) is 10.6. The minimum atomic E-state index is -0.236. The van der Waals surface area contributed by atoms with E-state index in [9.17, 15) is 4.79 Å². The number of thioether (sulfide) groups is 1. The van der Waals surface area contributed by atoms with Crippen molar-refractivity contribution >= 4 is 23.4 Å². The van der Waals surface area contributed by atoms with E-state index in [4.69, 9.17) is 4.74 Å². The monoisotopic (exact) mass is 265 g/mol. The van der Waals surface area contributed by atoms with Gasteiger partial charge in [-0.05, 0) is 42.9 Å². The van der Waals surface area contributed by atoms with Crippen molar-refractivity contribution in [1.29, 1.82) is 0 Å². The first-order valence-corrected chi connectivity index (χ1v) is 7.56. The molecule has 1 saturated heterocycles. The lowest BCUT2D eigenvalue weighted by molar-refractivity contribution is 0.0505. The van der Waals surface area contributed by atoms with Crippen LogP contribution in [0.2, 0.25) is 0 Å². The van der Waals surface area contributed by atoms with Gasteiger partial charge in [0.25, 0.3) is 0 Å². The van der Waals surface area contributed by atoms with Gasteiger partial charge in [0.2, 0.25) is 0 Å². The minimum Gasteiger partial charge on any atom is -0.462 e. The highest BCUT2D eigenvalue weighted by molar-refractivity contribution is 7.99. The fraction of sp³-hybridized carbons (Fsp3) is 0.500. The quantitative estimate of drug-likeness (QED) is 0.830. The van der Waals surface area contributed by atoms with Crippen LogP contribution in [-0.4, -0.2) is 30.1 Å². The second kappa shape index (κ2) is 6.69. The van der Waals surface area contributed by atoms with Gasteiger partial charge in [-0.1, -0.05) is 6.92 Å². The molecule has 1 fully saturated rings. The lowest BCUT2D eigenvalue weighted by Crippen LogP contribution is -2.18. The third-order valence-corrected chi connectivity index (χ3v) is 4.02. The van der Waals surface area contributed by atoms with Crippen LogP contribution in [0.25, 0.3) is 0 Å². The Labute approximate surface area is 112 Å². The number of rotatable bonds is 5. The van der Waals surface area contributed by atoms with Crippen molar-refractivity contribution < 1.29 is 9.53 Å². The Balaban J connectivity index is 1.90. The van der Waals surface area contributed by atoms with Crippen molar-refractivity contribution in [2.45, 2.75) is 25.8 Å². The molecule has 1 aliphatic heterocycles. The number of hydrogen-bond donors (Lipinski definition) is 1. The van der Waals surface area contributed by atoms with Crippen LogP contribution in [0, 0.1) is 0 Å². The van der Waals surface area contributed by atoms with Gasteiger partial charge in [-0.15, -0.1) is 0 Å². The lowest BCUT2D eigenvalue weighted by Gasteiger charge is -2.13. The fourth-order valence-electron chi connectivity index (χ4n) is 1.86. The van der Waals surface area contributed by atoms with Gasteiger partial charge >= 0.3 is 5.97 Å². The standard InChI is InChI=1S/C14H19NO2S/c1-2-8-17-14(16)11-3-5-12(6-4-11)15-13-7-9-18-10-13/h3-6,13,15H,2,7-10H2,1H3. The molecule has 4 heteroatoms. The number of anilines is 1. The van der Waals surface area contributed by atoms with Gasteiger partial charge < -0.3 is 10.1 Å². The number of esters is 1. The molecule has 1 N–H and O–H groups in total. The summed E-state index contributed by atoms with van der Waals surface area (Å²) >= 11 is 1.98. The van der Waals surface area contributed by atoms with Crippen molar-refractivity contribution in [1.82, 2.24) is 0 Å². The van der Waals surface area contributed by atoms with Gasteiger partial charge in [-0.2, -0.15) is 11.8 Å². The zero-order chi connectivity index (χ0) is 12.8. The third kappa shape index (κ3) is 3.67. The summed E-state index contributed by atoms with van der Waals surface area (Å²) in [5.74, 6) is 2.17. The molecular formula is C14H19NO2S. The van der Waals surface area contributed by atoms with Gasteiger partial charge in [-0.3, -0.25) is 0 Å². The molecule has 1 atom stereocenters. The molecule has 0 amide bonds. The SMILES string of the molecule is CCCOC(=O)c1ccc(NC2CCSC2)cc1. The normalized spacial score (nSPS) is 18.6. The fourth-order valence-corrected chi connectivity index (χ4v) is 3.02. The lowest BCUT2D eigenvalue weighted by atomic mass is 10.2. The average molecular weight is 265 g/mol.